The van der Waals surface area contributed by atoms with Gasteiger partial charge < -0.3 is 19.9 Å². The molecule has 0 aliphatic rings. The summed E-state index contributed by atoms with van der Waals surface area (Å²) in [5, 5.41) is 12.1. The average molecular weight is 335 g/mol. The Kier molecular flexibility index (Phi) is 4.85. The third-order valence-electron chi connectivity index (χ3n) is 3.52. The second kappa shape index (κ2) is 7.40. The number of methoxy groups -OCH3 is 1. The summed E-state index contributed by atoms with van der Waals surface area (Å²) in [5.74, 6) is 1.58. The quantitative estimate of drug-likeness (QED) is 0.723. The Labute approximate surface area is 145 Å². The van der Waals surface area contributed by atoms with Crippen LogP contribution in [-0.2, 0) is 0 Å². The van der Waals surface area contributed by atoms with Crippen LogP contribution in [0.4, 0.5) is 5.69 Å². The van der Waals surface area contributed by atoms with E-state index < -0.39 is 0 Å². The molecule has 2 N–H and O–H groups in total. The highest BCUT2D eigenvalue weighted by Crippen LogP contribution is 2.26. The molecular formula is C20H17NO4. The normalized spacial score (nSPS) is 10.1. The molecule has 0 aliphatic heterocycles. The van der Waals surface area contributed by atoms with Crippen molar-refractivity contribution in [2.75, 3.05) is 12.4 Å². The Bertz CT molecular complexity index is 875. The standard InChI is InChI=1S/C20H17NO4/c1-24-19-8-3-2-7-18(19)20(23)21-14-5-4-6-17(13-14)25-16-11-9-15(22)10-12-16/h2-13,22H,1H3,(H,21,23). The van der Waals surface area contributed by atoms with Crippen LogP contribution >= 0.6 is 0 Å². The van der Waals surface area contributed by atoms with Gasteiger partial charge in [0.15, 0.2) is 0 Å². The van der Waals surface area contributed by atoms with Gasteiger partial charge in [-0.05, 0) is 48.5 Å². The van der Waals surface area contributed by atoms with Crippen LogP contribution in [-0.4, -0.2) is 18.1 Å². The maximum atomic E-state index is 12.4. The molecule has 0 fully saturated rings. The highest BCUT2D eigenvalue weighted by molar-refractivity contribution is 6.06. The second-order valence-electron chi connectivity index (χ2n) is 5.28. The van der Waals surface area contributed by atoms with E-state index in [2.05, 4.69) is 5.32 Å². The van der Waals surface area contributed by atoms with Gasteiger partial charge in [0.2, 0.25) is 0 Å². The number of para-hydroxylation sites is 1. The van der Waals surface area contributed by atoms with Crippen molar-refractivity contribution in [3.8, 4) is 23.0 Å². The van der Waals surface area contributed by atoms with Crippen molar-refractivity contribution in [1.82, 2.24) is 0 Å². The molecule has 3 aromatic carbocycles. The molecule has 0 radical (unpaired) electrons. The molecule has 3 rings (SSSR count). The minimum Gasteiger partial charge on any atom is -0.508 e. The molecular weight excluding hydrogens is 318 g/mol. The molecule has 0 unspecified atom stereocenters. The summed E-state index contributed by atoms with van der Waals surface area (Å²) < 4.78 is 10.9. The second-order valence-corrected chi connectivity index (χ2v) is 5.28. The van der Waals surface area contributed by atoms with Crippen molar-refractivity contribution < 1.29 is 19.4 Å². The van der Waals surface area contributed by atoms with Gasteiger partial charge >= 0.3 is 0 Å². The molecule has 0 atom stereocenters. The third-order valence-corrected chi connectivity index (χ3v) is 3.52. The molecule has 126 valence electrons. The van der Waals surface area contributed by atoms with Gasteiger partial charge in [-0.1, -0.05) is 18.2 Å². The van der Waals surface area contributed by atoms with Crippen LogP contribution in [0.5, 0.6) is 23.0 Å². The number of carbonyl (C=O) groups is 1. The molecule has 3 aromatic rings. The number of nitrogens with one attached hydrogen (secondary N) is 1. The van der Waals surface area contributed by atoms with Gasteiger partial charge in [0, 0.05) is 11.8 Å². The van der Waals surface area contributed by atoms with E-state index in [1.807, 2.05) is 6.07 Å². The Morgan fingerprint density at radius 1 is 0.920 bits per heavy atom. The summed E-state index contributed by atoms with van der Waals surface area (Å²) in [4.78, 5) is 12.4. The number of phenols is 1. The van der Waals surface area contributed by atoms with Gasteiger partial charge in [0.05, 0.1) is 12.7 Å². The fourth-order valence-corrected chi connectivity index (χ4v) is 2.32. The molecule has 5 nitrogen and oxygen atoms in total. The van der Waals surface area contributed by atoms with Crippen molar-refractivity contribution in [2.45, 2.75) is 0 Å². The number of rotatable bonds is 5. The van der Waals surface area contributed by atoms with E-state index in [4.69, 9.17) is 9.47 Å². The Hall–Kier alpha value is -3.47. The number of ether oxygens (including phenoxy) is 2. The van der Waals surface area contributed by atoms with Crippen LogP contribution in [0.3, 0.4) is 0 Å². The lowest BCUT2D eigenvalue weighted by Gasteiger charge is -2.11. The average Bonchev–Trinajstić information content (AvgIpc) is 2.64. The first-order valence-electron chi connectivity index (χ1n) is 7.67. The van der Waals surface area contributed by atoms with Crippen LogP contribution in [0.2, 0.25) is 0 Å². The summed E-state index contributed by atoms with van der Waals surface area (Å²) in [7, 11) is 1.53. The first kappa shape index (κ1) is 16.4. The van der Waals surface area contributed by atoms with E-state index in [0.29, 0.717) is 28.5 Å². The molecule has 0 bridgehead atoms. The monoisotopic (exact) mass is 335 g/mol. The number of amides is 1. The number of hydrogen-bond acceptors (Lipinski definition) is 4. The zero-order valence-corrected chi connectivity index (χ0v) is 13.6. The largest absolute Gasteiger partial charge is 0.508 e. The van der Waals surface area contributed by atoms with Crippen LogP contribution in [0.1, 0.15) is 10.4 Å². The van der Waals surface area contributed by atoms with Gasteiger partial charge in [-0.15, -0.1) is 0 Å². The molecule has 0 aromatic heterocycles. The Morgan fingerprint density at radius 2 is 1.68 bits per heavy atom. The fraction of sp³-hybridized carbons (Fsp3) is 0.0500. The van der Waals surface area contributed by atoms with E-state index in [1.54, 1.807) is 66.7 Å². The van der Waals surface area contributed by atoms with Crippen molar-refractivity contribution in [3.05, 3.63) is 78.4 Å². The summed E-state index contributed by atoms with van der Waals surface area (Å²) in [5.41, 5.74) is 1.06. The minimum absolute atomic E-state index is 0.171. The highest BCUT2D eigenvalue weighted by atomic mass is 16.5. The smallest absolute Gasteiger partial charge is 0.259 e. The molecule has 0 aliphatic carbocycles. The SMILES string of the molecule is COc1ccccc1C(=O)Nc1cccc(Oc2ccc(O)cc2)c1. The molecule has 0 spiro atoms. The van der Waals surface area contributed by atoms with E-state index in [1.165, 1.54) is 7.11 Å². The maximum Gasteiger partial charge on any atom is 0.259 e. The lowest BCUT2D eigenvalue weighted by Crippen LogP contribution is -2.13. The van der Waals surface area contributed by atoms with Gasteiger partial charge in [-0.25, -0.2) is 0 Å². The van der Waals surface area contributed by atoms with Crippen molar-refractivity contribution in [3.63, 3.8) is 0 Å². The third kappa shape index (κ3) is 4.09. The van der Waals surface area contributed by atoms with Crippen molar-refractivity contribution in [1.29, 1.82) is 0 Å². The number of anilines is 1. The fourth-order valence-electron chi connectivity index (χ4n) is 2.32. The Balaban J connectivity index is 1.75. The summed E-state index contributed by atoms with van der Waals surface area (Å²) >= 11 is 0. The zero-order valence-electron chi connectivity index (χ0n) is 13.6. The number of hydrogen-bond donors (Lipinski definition) is 2. The molecule has 0 saturated heterocycles. The predicted octanol–water partition coefficient (Wildman–Crippen LogP) is 4.45. The number of aromatic hydroxyl groups is 1. The number of benzene rings is 3. The Morgan fingerprint density at radius 3 is 2.44 bits per heavy atom. The van der Waals surface area contributed by atoms with Crippen LogP contribution < -0.4 is 14.8 Å². The lowest BCUT2D eigenvalue weighted by molar-refractivity contribution is 0.102. The molecule has 5 heteroatoms. The van der Waals surface area contributed by atoms with E-state index >= 15 is 0 Å². The van der Waals surface area contributed by atoms with E-state index in [0.717, 1.165) is 0 Å². The molecule has 0 heterocycles. The lowest BCUT2D eigenvalue weighted by atomic mass is 10.2. The maximum absolute atomic E-state index is 12.4. The van der Waals surface area contributed by atoms with Crippen molar-refractivity contribution in [2.24, 2.45) is 0 Å². The molecule has 25 heavy (non-hydrogen) atoms. The number of carbonyl (C=O) groups excluding carboxylic acids is 1. The zero-order chi connectivity index (χ0) is 17.6. The summed E-state index contributed by atoms with van der Waals surface area (Å²) in [6.45, 7) is 0. The van der Waals surface area contributed by atoms with Gasteiger partial charge in [0.25, 0.3) is 5.91 Å². The van der Waals surface area contributed by atoms with Gasteiger partial charge in [-0.2, -0.15) is 0 Å². The van der Waals surface area contributed by atoms with Crippen LogP contribution in [0.15, 0.2) is 72.8 Å². The minimum atomic E-state index is -0.265. The van der Waals surface area contributed by atoms with Gasteiger partial charge in [-0.3, -0.25) is 4.79 Å². The molecule has 1 amide bonds. The van der Waals surface area contributed by atoms with Crippen LogP contribution in [0, 0.1) is 0 Å². The first-order valence-corrected chi connectivity index (χ1v) is 7.67. The topological polar surface area (TPSA) is 67.8 Å². The number of phenolic OH excluding ortho intramolecular Hbond substituents is 1. The van der Waals surface area contributed by atoms with Crippen molar-refractivity contribution >= 4 is 11.6 Å². The van der Waals surface area contributed by atoms with E-state index in [-0.39, 0.29) is 11.7 Å². The summed E-state index contributed by atoms with van der Waals surface area (Å²) in [6.07, 6.45) is 0. The first-order chi connectivity index (χ1) is 12.2. The summed E-state index contributed by atoms with van der Waals surface area (Å²) in [6, 6.07) is 20.5. The molecule has 0 saturated carbocycles. The van der Waals surface area contributed by atoms with E-state index in [9.17, 15) is 9.90 Å². The highest BCUT2D eigenvalue weighted by Gasteiger charge is 2.12. The predicted molar refractivity (Wildman–Crippen MR) is 95.6 cm³/mol. The van der Waals surface area contributed by atoms with Gasteiger partial charge in [0.1, 0.15) is 23.0 Å². The van der Waals surface area contributed by atoms with Crippen LogP contribution in [0.25, 0.3) is 0 Å².